The molecule has 2 fully saturated rings. The van der Waals surface area contributed by atoms with Crippen LogP contribution in [0.15, 0.2) is 0 Å². The molecule has 1 amide bonds. The number of fused-ring (bicyclic) bond motifs is 1. The van der Waals surface area contributed by atoms with E-state index < -0.39 is 0 Å². The van der Waals surface area contributed by atoms with Crippen LogP contribution < -0.4 is 0 Å². The fraction of sp³-hybridized carbons (Fsp3) is 0.889. The third-order valence-corrected chi connectivity index (χ3v) is 2.88. The molecule has 2 aliphatic heterocycles. The van der Waals surface area contributed by atoms with Gasteiger partial charge in [-0.3, -0.25) is 9.69 Å². The quantitative estimate of drug-likeness (QED) is 0.511. The lowest BCUT2D eigenvalue weighted by atomic mass is 10.1. The van der Waals surface area contributed by atoms with E-state index in [9.17, 15) is 4.79 Å². The van der Waals surface area contributed by atoms with Crippen LogP contribution in [0.2, 0.25) is 0 Å². The van der Waals surface area contributed by atoms with Gasteiger partial charge >= 0.3 is 0 Å². The zero-order valence-electron chi connectivity index (χ0n) is 8.03. The van der Waals surface area contributed by atoms with Gasteiger partial charge in [-0.2, -0.15) is 0 Å². The van der Waals surface area contributed by atoms with Crippen LogP contribution in [0.1, 0.15) is 6.92 Å². The zero-order valence-corrected chi connectivity index (χ0v) is 8.03. The Balaban J connectivity index is 1.95. The van der Waals surface area contributed by atoms with Crippen LogP contribution in [0.4, 0.5) is 0 Å². The van der Waals surface area contributed by atoms with Gasteiger partial charge in [0.25, 0.3) is 0 Å². The number of rotatable bonds is 0. The van der Waals surface area contributed by atoms with Crippen LogP contribution in [0.25, 0.3) is 0 Å². The highest BCUT2D eigenvalue weighted by Gasteiger charge is 2.30. The monoisotopic (exact) mass is 184 g/mol. The number of carbonyl (C=O) groups is 1. The molecule has 4 heteroatoms. The Hall–Kier alpha value is -0.610. The maximum Gasteiger partial charge on any atom is 0.219 e. The second-order valence-electron chi connectivity index (χ2n) is 3.73. The molecule has 0 aromatic carbocycles. The van der Waals surface area contributed by atoms with E-state index >= 15 is 0 Å². The van der Waals surface area contributed by atoms with Gasteiger partial charge in [0.15, 0.2) is 0 Å². The molecule has 2 aliphatic rings. The normalized spacial score (nSPS) is 29.9. The maximum absolute atomic E-state index is 11.1. The largest absolute Gasteiger partial charge is 0.378 e. The van der Waals surface area contributed by atoms with E-state index in [0.29, 0.717) is 6.04 Å². The number of hydrogen-bond donors (Lipinski definition) is 0. The van der Waals surface area contributed by atoms with E-state index in [1.807, 2.05) is 4.90 Å². The average molecular weight is 184 g/mol. The van der Waals surface area contributed by atoms with E-state index in [1.165, 1.54) is 0 Å². The van der Waals surface area contributed by atoms with Gasteiger partial charge in [0.05, 0.1) is 19.3 Å². The molecule has 4 nitrogen and oxygen atoms in total. The summed E-state index contributed by atoms with van der Waals surface area (Å²) in [6.45, 7) is 7.02. The first-order valence-corrected chi connectivity index (χ1v) is 4.84. The lowest BCUT2D eigenvalue weighted by molar-refractivity contribution is -0.134. The van der Waals surface area contributed by atoms with Gasteiger partial charge in [0, 0.05) is 33.1 Å². The fourth-order valence-corrected chi connectivity index (χ4v) is 2.03. The SMILES string of the molecule is CC(=O)N1CCN2CCOCC2C1. The van der Waals surface area contributed by atoms with Crippen LogP contribution in [0.3, 0.4) is 0 Å². The molecule has 0 N–H and O–H groups in total. The van der Waals surface area contributed by atoms with Gasteiger partial charge in [-0.1, -0.05) is 0 Å². The number of carbonyl (C=O) groups excluding carboxylic acids is 1. The maximum atomic E-state index is 11.1. The summed E-state index contributed by atoms with van der Waals surface area (Å²) >= 11 is 0. The lowest BCUT2D eigenvalue weighted by Gasteiger charge is -2.43. The number of morpholine rings is 1. The summed E-state index contributed by atoms with van der Waals surface area (Å²) in [7, 11) is 0. The van der Waals surface area contributed by atoms with Crippen molar-refractivity contribution in [1.29, 1.82) is 0 Å². The standard InChI is InChI=1S/C9H16N2O2/c1-8(12)11-3-2-10-4-5-13-7-9(10)6-11/h9H,2-7H2,1H3. The molecule has 1 atom stereocenters. The Morgan fingerprint density at radius 3 is 3.00 bits per heavy atom. The predicted octanol–water partition coefficient (Wildman–Crippen LogP) is -0.451. The summed E-state index contributed by atoms with van der Waals surface area (Å²) < 4.78 is 5.39. The summed E-state index contributed by atoms with van der Waals surface area (Å²) in [6, 6.07) is 0.436. The molecule has 2 saturated heterocycles. The van der Waals surface area contributed by atoms with E-state index in [2.05, 4.69) is 4.90 Å². The molecular formula is C9H16N2O2. The van der Waals surface area contributed by atoms with Crippen LogP contribution in [-0.4, -0.2) is 61.1 Å². The molecule has 0 aromatic rings. The Bertz CT molecular complexity index is 208. The summed E-state index contributed by atoms with van der Waals surface area (Å²) in [5.74, 6) is 0.185. The number of piperazine rings is 1. The van der Waals surface area contributed by atoms with E-state index in [4.69, 9.17) is 4.74 Å². The van der Waals surface area contributed by atoms with Crippen molar-refractivity contribution < 1.29 is 9.53 Å². The van der Waals surface area contributed by atoms with Crippen molar-refractivity contribution >= 4 is 5.91 Å². The highest BCUT2D eigenvalue weighted by molar-refractivity contribution is 5.73. The minimum Gasteiger partial charge on any atom is -0.378 e. The highest BCUT2D eigenvalue weighted by atomic mass is 16.5. The molecule has 0 aliphatic carbocycles. The van der Waals surface area contributed by atoms with Gasteiger partial charge < -0.3 is 9.64 Å². The van der Waals surface area contributed by atoms with Crippen molar-refractivity contribution in [2.45, 2.75) is 13.0 Å². The Kier molecular flexibility index (Phi) is 2.51. The van der Waals surface area contributed by atoms with Crippen molar-refractivity contribution in [1.82, 2.24) is 9.80 Å². The number of amides is 1. The van der Waals surface area contributed by atoms with Crippen molar-refractivity contribution in [3.8, 4) is 0 Å². The summed E-state index contributed by atoms with van der Waals surface area (Å²) in [5.41, 5.74) is 0. The van der Waals surface area contributed by atoms with E-state index in [0.717, 1.165) is 39.4 Å². The number of hydrogen-bond acceptors (Lipinski definition) is 3. The molecule has 74 valence electrons. The van der Waals surface area contributed by atoms with Gasteiger partial charge in [-0.25, -0.2) is 0 Å². The third-order valence-electron chi connectivity index (χ3n) is 2.88. The first-order valence-electron chi connectivity index (χ1n) is 4.84. The molecule has 0 spiro atoms. The molecule has 2 rings (SSSR count). The van der Waals surface area contributed by atoms with Crippen molar-refractivity contribution in [3.63, 3.8) is 0 Å². The number of ether oxygens (including phenoxy) is 1. The van der Waals surface area contributed by atoms with Gasteiger partial charge in [0.1, 0.15) is 0 Å². The van der Waals surface area contributed by atoms with Crippen LogP contribution >= 0.6 is 0 Å². The summed E-state index contributed by atoms with van der Waals surface area (Å²) in [4.78, 5) is 15.5. The Morgan fingerprint density at radius 2 is 2.23 bits per heavy atom. The molecule has 0 radical (unpaired) electrons. The smallest absolute Gasteiger partial charge is 0.219 e. The first-order chi connectivity index (χ1) is 6.27. The predicted molar refractivity (Wildman–Crippen MR) is 48.4 cm³/mol. The molecule has 0 bridgehead atoms. The van der Waals surface area contributed by atoms with E-state index in [1.54, 1.807) is 6.92 Å². The van der Waals surface area contributed by atoms with Crippen LogP contribution in [-0.2, 0) is 9.53 Å². The zero-order chi connectivity index (χ0) is 9.26. The molecule has 0 saturated carbocycles. The second-order valence-corrected chi connectivity index (χ2v) is 3.73. The minimum atomic E-state index is 0.185. The van der Waals surface area contributed by atoms with Crippen molar-refractivity contribution in [2.24, 2.45) is 0 Å². The average Bonchev–Trinajstić information content (AvgIpc) is 2.17. The topological polar surface area (TPSA) is 32.8 Å². The fourth-order valence-electron chi connectivity index (χ4n) is 2.03. The summed E-state index contributed by atoms with van der Waals surface area (Å²) in [5, 5.41) is 0. The van der Waals surface area contributed by atoms with Crippen molar-refractivity contribution in [2.75, 3.05) is 39.4 Å². The molecule has 1 unspecified atom stereocenters. The first kappa shape index (κ1) is 8.97. The molecular weight excluding hydrogens is 168 g/mol. The highest BCUT2D eigenvalue weighted by Crippen LogP contribution is 2.13. The molecule has 0 aromatic heterocycles. The second kappa shape index (κ2) is 3.64. The van der Waals surface area contributed by atoms with Gasteiger partial charge in [-0.15, -0.1) is 0 Å². The van der Waals surface area contributed by atoms with Crippen LogP contribution in [0.5, 0.6) is 0 Å². The molecule has 2 heterocycles. The minimum absolute atomic E-state index is 0.185. The van der Waals surface area contributed by atoms with Crippen molar-refractivity contribution in [3.05, 3.63) is 0 Å². The lowest BCUT2D eigenvalue weighted by Crippen LogP contribution is -2.58. The number of nitrogens with zero attached hydrogens (tertiary/aromatic N) is 2. The van der Waals surface area contributed by atoms with Gasteiger partial charge in [-0.05, 0) is 0 Å². The van der Waals surface area contributed by atoms with Gasteiger partial charge in [0.2, 0.25) is 5.91 Å². The Morgan fingerprint density at radius 1 is 1.38 bits per heavy atom. The molecule has 13 heavy (non-hydrogen) atoms. The Labute approximate surface area is 78.4 Å². The van der Waals surface area contributed by atoms with E-state index in [-0.39, 0.29) is 5.91 Å². The van der Waals surface area contributed by atoms with Crippen LogP contribution in [0, 0.1) is 0 Å². The third kappa shape index (κ3) is 1.84. The summed E-state index contributed by atoms with van der Waals surface area (Å²) in [6.07, 6.45) is 0.